The lowest BCUT2D eigenvalue weighted by atomic mass is 10.0. The Labute approximate surface area is 127 Å². The molecular formula is C17H26N2O2. The molecule has 21 heavy (non-hydrogen) atoms. The first-order valence-electron chi connectivity index (χ1n) is 7.72. The standard InChI is InChI=1S/C17H26N2O2/c1-18(2)15-9-7-14(8-10-15)17(20)21-13-11-16-6-4-5-12-19(16)3/h7-10,16H,4-6,11-13H2,1-3H3. The molecule has 116 valence electrons. The van der Waals surface area contributed by atoms with E-state index in [1.54, 1.807) is 0 Å². The van der Waals surface area contributed by atoms with Crippen molar-refractivity contribution in [3.8, 4) is 0 Å². The summed E-state index contributed by atoms with van der Waals surface area (Å²) in [7, 11) is 6.12. The molecule has 1 saturated heterocycles. The Morgan fingerprint density at radius 2 is 2.00 bits per heavy atom. The van der Waals surface area contributed by atoms with Gasteiger partial charge >= 0.3 is 5.97 Å². The highest BCUT2D eigenvalue weighted by atomic mass is 16.5. The molecule has 1 aromatic carbocycles. The van der Waals surface area contributed by atoms with Crippen molar-refractivity contribution < 1.29 is 9.53 Å². The monoisotopic (exact) mass is 290 g/mol. The maximum absolute atomic E-state index is 12.0. The van der Waals surface area contributed by atoms with Crippen LogP contribution in [0.1, 0.15) is 36.0 Å². The molecule has 0 saturated carbocycles. The van der Waals surface area contributed by atoms with Gasteiger partial charge < -0.3 is 14.5 Å². The highest BCUT2D eigenvalue weighted by molar-refractivity contribution is 5.89. The van der Waals surface area contributed by atoms with Crippen molar-refractivity contribution in [2.45, 2.75) is 31.7 Å². The van der Waals surface area contributed by atoms with Crippen molar-refractivity contribution in [3.63, 3.8) is 0 Å². The Kier molecular flexibility index (Phi) is 5.62. The molecule has 4 nitrogen and oxygen atoms in total. The molecule has 1 aromatic rings. The third-order valence-electron chi connectivity index (χ3n) is 4.23. The molecule has 0 amide bonds. The average Bonchev–Trinajstić information content (AvgIpc) is 2.49. The van der Waals surface area contributed by atoms with Crippen molar-refractivity contribution in [2.24, 2.45) is 0 Å². The average molecular weight is 290 g/mol. The number of esters is 1. The number of carbonyl (C=O) groups is 1. The summed E-state index contributed by atoms with van der Waals surface area (Å²) in [6.07, 6.45) is 4.71. The van der Waals surface area contributed by atoms with Crippen LogP contribution in [-0.4, -0.2) is 51.2 Å². The summed E-state index contributed by atoms with van der Waals surface area (Å²) in [5, 5.41) is 0. The second-order valence-corrected chi connectivity index (χ2v) is 6.00. The Hall–Kier alpha value is -1.55. The van der Waals surface area contributed by atoms with Gasteiger partial charge in [-0.25, -0.2) is 4.79 Å². The van der Waals surface area contributed by atoms with Crippen LogP contribution in [0.5, 0.6) is 0 Å². The van der Waals surface area contributed by atoms with Crippen LogP contribution in [-0.2, 0) is 4.74 Å². The van der Waals surface area contributed by atoms with E-state index < -0.39 is 0 Å². The molecule has 1 unspecified atom stereocenters. The van der Waals surface area contributed by atoms with Gasteiger partial charge in [0.1, 0.15) is 0 Å². The van der Waals surface area contributed by atoms with Crippen LogP contribution < -0.4 is 4.90 Å². The summed E-state index contributed by atoms with van der Waals surface area (Å²) in [6, 6.07) is 8.08. The number of anilines is 1. The predicted molar refractivity (Wildman–Crippen MR) is 85.9 cm³/mol. The Morgan fingerprint density at radius 3 is 2.62 bits per heavy atom. The maximum Gasteiger partial charge on any atom is 0.338 e. The minimum atomic E-state index is -0.223. The number of carbonyl (C=O) groups excluding carboxylic acids is 1. The van der Waals surface area contributed by atoms with E-state index in [9.17, 15) is 4.79 Å². The molecular weight excluding hydrogens is 264 g/mol. The normalized spacial score (nSPS) is 19.3. The summed E-state index contributed by atoms with van der Waals surface area (Å²) in [6.45, 7) is 1.66. The smallest absolute Gasteiger partial charge is 0.338 e. The molecule has 2 rings (SSSR count). The third kappa shape index (κ3) is 4.46. The SMILES string of the molecule is CN(C)c1ccc(C(=O)OCCC2CCCCN2C)cc1. The highest BCUT2D eigenvalue weighted by Gasteiger charge is 2.19. The molecule has 0 aromatic heterocycles. The molecule has 1 atom stereocenters. The van der Waals surface area contributed by atoms with Crippen LogP contribution in [0.4, 0.5) is 5.69 Å². The van der Waals surface area contributed by atoms with Crippen molar-refractivity contribution in [3.05, 3.63) is 29.8 Å². The lowest BCUT2D eigenvalue weighted by molar-refractivity contribution is 0.0450. The van der Waals surface area contributed by atoms with Gasteiger partial charge in [-0.15, -0.1) is 0 Å². The van der Waals surface area contributed by atoms with Crippen LogP contribution in [0.15, 0.2) is 24.3 Å². The number of piperidine rings is 1. The van der Waals surface area contributed by atoms with Crippen molar-refractivity contribution >= 4 is 11.7 Å². The van der Waals surface area contributed by atoms with Crippen LogP contribution in [0.25, 0.3) is 0 Å². The molecule has 0 radical (unpaired) electrons. The maximum atomic E-state index is 12.0. The summed E-state index contributed by atoms with van der Waals surface area (Å²) in [5.74, 6) is -0.223. The number of hydrogen-bond donors (Lipinski definition) is 0. The third-order valence-corrected chi connectivity index (χ3v) is 4.23. The van der Waals surface area contributed by atoms with Gasteiger partial charge in [0.15, 0.2) is 0 Å². The van der Waals surface area contributed by atoms with E-state index in [0.717, 1.165) is 18.7 Å². The number of benzene rings is 1. The zero-order chi connectivity index (χ0) is 15.2. The number of ether oxygens (including phenoxy) is 1. The van der Waals surface area contributed by atoms with Crippen molar-refractivity contribution in [2.75, 3.05) is 39.2 Å². The Bertz CT molecular complexity index is 456. The van der Waals surface area contributed by atoms with Gasteiger partial charge in [-0.3, -0.25) is 0 Å². The highest BCUT2D eigenvalue weighted by Crippen LogP contribution is 2.18. The first kappa shape index (κ1) is 15.8. The van der Waals surface area contributed by atoms with Crippen LogP contribution >= 0.6 is 0 Å². The van der Waals surface area contributed by atoms with Gasteiger partial charge in [-0.1, -0.05) is 6.42 Å². The lowest BCUT2D eigenvalue weighted by Crippen LogP contribution is -2.37. The molecule has 4 heteroatoms. The topological polar surface area (TPSA) is 32.8 Å². The van der Waals surface area contributed by atoms with E-state index in [1.807, 2.05) is 43.3 Å². The zero-order valence-corrected chi connectivity index (χ0v) is 13.3. The minimum absolute atomic E-state index is 0.223. The molecule has 0 aliphatic carbocycles. The fourth-order valence-corrected chi connectivity index (χ4v) is 2.78. The summed E-state index contributed by atoms with van der Waals surface area (Å²) < 4.78 is 5.40. The molecule has 1 aliphatic rings. The van der Waals surface area contributed by atoms with Gasteiger partial charge in [0.25, 0.3) is 0 Å². The Morgan fingerprint density at radius 1 is 1.29 bits per heavy atom. The molecule has 1 heterocycles. The number of likely N-dealkylation sites (tertiary alicyclic amines) is 1. The first-order chi connectivity index (χ1) is 10.1. The van der Waals surface area contributed by atoms with Gasteiger partial charge in [-0.05, 0) is 57.1 Å². The first-order valence-corrected chi connectivity index (χ1v) is 7.72. The zero-order valence-electron chi connectivity index (χ0n) is 13.3. The van der Waals surface area contributed by atoms with Crippen LogP contribution in [0, 0.1) is 0 Å². The van der Waals surface area contributed by atoms with E-state index in [2.05, 4.69) is 11.9 Å². The van der Waals surface area contributed by atoms with E-state index in [4.69, 9.17) is 4.74 Å². The number of hydrogen-bond acceptors (Lipinski definition) is 4. The molecule has 0 bridgehead atoms. The fraction of sp³-hybridized carbons (Fsp3) is 0.588. The van der Waals surface area contributed by atoms with Crippen molar-refractivity contribution in [1.29, 1.82) is 0 Å². The van der Waals surface area contributed by atoms with Gasteiger partial charge in [-0.2, -0.15) is 0 Å². The van der Waals surface area contributed by atoms with Crippen LogP contribution in [0.3, 0.4) is 0 Å². The second kappa shape index (κ2) is 7.46. The van der Waals surface area contributed by atoms with Crippen LogP contribution in [0.2, 0.25) is 0 Å². The van der Waals surface area contributed by atoms with E-state index in [-0.39, 0.29) is 5.97 Å². The molecule has 0 N–H and O–H groups in total. The van der Waals surface area contributed by atoms with Gasteiger partial charge in [0, 0.05) is 25.8 Å². The minimum Gasteiger partial charge on any atom is -0.462 e. The second-order valence-electron chi connectivity index (χ2n) is 6.00. The number of rotatable bonds is 5. The van der Waals surface area contributed by atoms with Gasteiger partial charge in [0.05, 0.1) is 12.2 Å². The number of nitrogens with zero attached hydrogens (tertiary/aromatic N) is 2. The summed E-state index contributed by atoms with van der Waals surface area (Å²) in [4.78, 5) is 16.4. The quantitative estimate of drug-likeness (QED) is 0.781. The Balaban J connectivity index is 1.78. The molecule has 1 fully saturated rings. The molecule has 1 aliphatic heterocycles. The summed E-state index contributed by atoms with van der Waals surface area (Å²) >= 11 is 0. The largest absolute Gasteiger partial charge is 0.462 e. The fourth-order valence-electron chi connectivity index (χ4n) is 2.78. The molecule has 0 spiro atoms. The van der Waals surface area contributed by atoms with Crippen molar-refractivity contribution in [1.82, 2.24) is 4.90 Å². The predicted octanol–water partition coefficient (Wildman–Crippen LogP) is 2.78. The summed E-state index contributed by atoms with van der Waals surface area (Å²) in [5.41, 5.74) is 1.70. The van der Waals surface area contributed by atoms with E-state index >= 15 is 0 Å². The van der Waals surface area contributed by atoms with Gasteiger partial charge in [0.2, 0.25) is 0 Å². The lowest BCUT2D eigenvalue weighted by Gasteiger charge is -2.32. The van der Waals surface area contributed by atoms with E-state index in [1.165, 1.54) is 19.3 Å². The van der Waals surface area contributed by atoms with E-state index in [0.29, 0.717) is 18.2 Å².